The van der Waals surface area contributed by atoms with Crippen molar-refractivity contribution < 1.29 is 28.6 Å². The van der Waals surface area contributed by atoms with Crippen LogP contribution in [-0.2, 0) is 9.59 Å². The van der Waals surface area contributed by atoms with Crippen molar-refractivity contribution in [1.29, 1.82) is 0 Å². The second-order valence-corrected chi connectivity index (χ2v) is 6.28. The zero-order valence-corrected chi connectivity index (χ0v) is 17.4. The lowest BCUT2D eigenvalue weighted by Crippen LogP contribution is -2.41. The van der Waals surface area contributed by atoms with E-state index in [1.165, 1.54) is 39.3 Å². The second kappa shape index (κ2) is 10.7. The molecule has 9 nitrogen and oxygen atoms in total. The highest BCUT2D eigenvalue weighted by molar-refractivity contribution is 5.98. The Morgan fingerprint density at radius 2 is 1.67 bits per heavy atom. The first-order valence-corrected chi connectivity index (χ1v) is 9.06. The van der Waals surface area contributed by atoms with Crippen LogP contribution in [0.15, 0.2) is 42.5 Å². The van der Waals surface area contributed by atoms with E-state index >= 15 is 0 Å². The van der Waals surface area contributed by atoms with Gasteiger partial charge in [0, 0.05) is 24.4 Å². The van der Waals surface area contributed by atoms with Crippen LogP contribution in [0.1, 0.15) is 10.4 Å². The van der Waals surface area contributed by atoms with Crippen LogP contribution in [0.2, 0.25) is 0 Å². The summed E-state index contributed by atoms with van der Waals surface area (Å²) in [6.07, 6.45) is 0. The van der Waals surface area contributed by atoms with Crippen molar-refractivity contribution in [1.82, 2.24) is 10.2 Å². The van der Waals surface area contributed by atoms with Gasteiger partial charge < -0.3 is 29.7 Å². The molecule has 0 heterocycles. The molecule has 0 aliphatic rings. The number of ether oxygens (including phenoxy) is 3. The first kappa shape index (κ1) is 22.5. The minimum Gasteiger partial charge on any atom is -0.497 e. The normalized spacial score (nSPS) is 10.0. The predicted molar refractivity (Wildman–Crippen MR) is 111 cm³/mol. The van der Waals surface area contributed by atoms with E-state index in [0.29, 0.717) is 28.5 Å². The zero-order chi connectivity index (χ0) is 22.1. The van der Waals surface area contributed by atoms with E-state index in [2.05, 4.69) is 10.6 Å². The summed E-state index contributed by atoms with van der Waals surface area (Å²) >= 11 is 0. The molecule has 160 valence electrons. The van der Waals surface area contributed by atoms with Gasteiger partial charge in [-0.05, 0) is 30.3 Å². The van der Waals surface area contributed by atoms with Gasteiger partial charge in [-0.3, -0.25) is 14.4 Å². The summed E-state index contributed by atoms with van der Waals surface area (Å²) in [6.45, 7) is -0.418. The summed E-state index contributed by atoms with van der Waals surface area (Å²) < 4.78 is 15.4. The molecule has 2 aromatic rings. The van der Waals surface area contributed by atoms with Gasteiger partial charge in [-0.1, -0.05) is 6.07 Å². The number of likely N-dealkylation sites (N-methyl/N-ethyl adjacent to an activating group) is 1. The molecule has 0 spiro atoms. The van der Waals surface area contributed by atoms with Crippen LogP contribution in [0.5, 0.6) is 17.2 Å². The summed E-state index contributed by atoms with van der Waals surface area (Å²) in [7, 11) is 5.98. The molecule has 0 aromatic heterocycles. The minimum atomic E-state index is -0.446. The third-order valence-corrected chi connectivity index (χ3v) is 4.21. The fourth-order valence-corrected chi connectivity index (χ4v) is 2.58. The molecule has 0 unspecified atom stereocenters. The molecule has 0 saturated heterocycles. The number of methoxy groups -OCH3 is 3. The molecule has 0 fully saturated rings. The summed E-state index contributed by atoms with van der Waals surface area (Å²) in [5, 5.41) is 5.22. The lowest BCUT2D eigenvalue weighted by atomic mass is 10.2. The number of rotatable bonds is 9. The van der Waals surface area contributed by atoms with Gasteiger partial charge in [-0.25, -0.2) is 0 Å². The van der Waals surface area contributed by atoms with E-state index in [1.54, 1.807) is 36.4 Å². The summed E-state index contributed by atoms with van der Waals surface area (Å²) in [6, 6.07) is 11.6. The van der Waals surface area contributed by atoms with Gasteiger partial charge in [0.25, 0.3) is 5.91 Å². The van der Waals surface area contributed by atoms with E-state index in [-0.39, 0.29) is 19.0 Å². The van der Waals surface area contributed by atoms with Gasteiger partial charge in [0.2, 0.25) is 11.8 Å². The first-order valence-electron chi connectivity index (χ1n) is 9.06. The van der Waals surface area contributed by atoms with Gasteiger partial charge in [-0.2, -0.15) is 0 Å². The average Bonchev–Trinajstić information content (AvgIpc) is 2.76. The van der Waals surface area contributed by atoms with Gasteiger partial charge in [0.05, 0.1) is 34.4 Å². The smallest absolute Gasteiger partial charge is 0.251 e. The number of hydrogen-bond donors (Lipinski definition) is 2. The Balaban J connectivity index is 1.86. The lowest BCUT2D eigenvalue weighted by molar-refractivity contribution is -0.132. The zero-order valence-electron chi connectivity index (χ0n) is 17.4. The monoisotopic (exact) mass is 415 g/mol. The number of hydrogen-bond acceptors (Lipinski definition) is 6. The Hall–Kier alpha value is -3.75. The fraction of sp³-hybridized carbons (Fsp3) is 0.286. The van der Waals surface area contributed by atoms with Crippen molar-refractivity contribution in [2.45, 2.75) is 0 Å². The van der Waals surface area contributed by atoms with Crippen LogP contribution < -0.4 is 24.8 Å². The number of benzene rings is 2. The molecule has 3 amide bonds. The van der Waals surface area contributed by atoms with E-state index in [9.17, 15) is 14.4 Å². The number of carbonyl (C=O) groups excluding carboxylic acids is 3. The van der Waals surface area contributed by atoms with Crippen LogP contribution in [-0.4, -0.2) is 64.1 Å². The van der Waals surface area contributed by atoms with E-state index in [0.717, 1.165) is 0 Å². The van der Waals surface area contributed by atoms with Crippen molar-refractivity contribution in [2.75, 3.05) is 46.8 Å². The number of anilines is 1. The van der Waals surface area contributed by atoms with Gasteiger partial charge in [0.15, 0.2) is 11.5 Å². The summed E-state index contributed by atoms with van der Waals surface area (Å²) in [4.78, 5) is 37.9. The molecular formula is C21H25N3O6. The predicted octanol–water partition coefficient (Wildman–Crippen LogP) is 1.54. The van der Waals surface area contributed by atoms with Crippen LogP contribution in [0.3, 0.4) is 0 Å². The quantitative estimate of drug-likeness (QED) is 0.644. The SMILES string of the molecule is COc1cccc(NC(=O)CN(C)C(=O)CNC(=O)c2ccc(OC)c(OC)c2)c1. The molecule has 9 heteroatoms. The molecule has 0 aliphatic heterocycles. The topological polar surface area (TPSA) is 106 Å². The Bertz CT molecular complexity index is 915. The molecule has 0 saturated carbocycles. The maximum Gasteiger partial charge on any atom is 0.251 e. The molecule has 0 radical (unpaired) electrons. The van der Waals surface area contributed by atoms with Crippen molar-refractivity contribution >= 4 is 23.4 Å². The molecule has 0 atom stereocenters. The highest BCUT2D eigenvalue weighted by Crippen LogP contribution is 2.27. The first-order chi connectivity index (χ1) is 14.4. The van der Waals surface area contributed by atoms with Gasteiger partial charge in [0.1, 0.15) is 5.75 Å². The Labute approximate surface area is 174 Å². The van der Waals surface area contributed by atoms with Crippen LogP contribution in [0, 0.1) is 0 Å². The van der Waals surface area contributed by atoms with Crippen molar-refractivity contribution in [3.05, 3.63) is 48.0 Å². The van der Waals surface area contributed by atoms with Crippen molar-refractivity contribution in [3.63, 3.8) is 0 Å². The maximum atomic E-state index is 12.3. The van der Waals surface area contributed by atoms with Gasteiger partial charge in [-0.15, -0.1) is 0 Å². The largest absolute Gasteiger partial charge is 0.497 e. The number of nitrogens with zero attached hydrogens (tertiary/aromatic N) is 1. The molecule has 0 bridgehead atoms. The average molecular weight is 415 g/mol. The van der Waals surface area contributed by atoms with Crippen molar-refractivity contribution in [3.8, 4) is 17.2 Å². The Morgan fingerprint density at radius 1 is 0.933 bits per heavy atom. The number of nitrogens with one attached hydrogen (secondary N) is 2. The molecule has 0 aliphatic carbocycles. The van der Waals surface area contributed by atoms with E-state index < -0.39 is 11.8 Å². The van der Waals surface area contributed by atoms with Crippen LogP contribution in [0.4, 0.5) is 5.69 Å². The molecule has 30 heavy (non-hydrogen) atoms. The summed E-state index contributed by atoms with van der Waals surface area (Å²) in [5.74, 6) is 0.276. The third-order valence-electron chi connectivity index (χ3n) is 4.21. The highest BCUT2D eigenvalue weighted by Gasteiger charge is 2.16. The summed E-state index contributed by atoms with van der Waals surface area (Å²) in [5.41, 5.74) is 0.876. The number of carbonyl (C=O) groups is 3. The van der Waals surface area contributed by atoms with E-state index in [4.69, 9.17) is 14.2 Å². The van der Waals surface area contributed by atoms with Crippen LogP contribution in [0.25, 0.3) is 0 Å². The standard InChI is InChI=1S/C21H25N3O6/c1-24(13-19(25)23-15-6-5-7-16(11-15)28-2)20(26)12-22-21(27)14-8-9-17(29-3)18(10-14)30-4/h5-11H,12-13H2,1-4H3,(H,22,27)(H,23,25). The minimum absolute atomic E-state index is 0.164. The molecule has 2 N–H and O–H groups in total. The van der Waals surface area contributed by atoms with Crippen LogP contribution >= 0.6 is 0 Å². The van der Waals surface area contributed by atoms with E-state index in [1.807, 2.05) is 0 Å². The second-order valence-electron chi connectivity index (χ2n) is 6.28. The fourth-order valence-electron chi connectivity index (χ4n) is 2.58. The molecule has 2 aromatic carbocycles. The van der Waals surface area contributed by atoms with Crippen molar-refractivity contribution in [2.24, 2.45) is 0 Å². The Morgan fingerprint density at radius 3 is 2.33 bits per heavy atom. The van der Waals surface area contributed by atoms with Gasteiger partial charge >= 0.3 is 0 Å². The Kier molecular flexibility index (Phi) is 8.04. The molecule has 2 rings (SSSR count). The number of amides is 3. The maximum absolute atomic E-state index is 12.3. The third kappa shape index (κ3) is 6.13. The lowest BCUT2D eigenvalue weighted by Gasteiger charge is -2.17. The highest BCUT2D eigenvalue weighted by atomic mass is 16.5. The molecular weight excluding hydrogens is 390 g/mol.